The van der Waals surface area contributed by atoms with Gasteiger partial charge in [0.2, 0.25) is 0 Å². The molecule has 1 aliphatic rings. The van der Waals surface area contributed by atoms with Gasteiger partial charge in [0.15, 0.2) is 0 Å². The van der Waals surface area contributed by atoms with E-state index in [1.165, 1.54) is 22.3 Å². The number of aryl methyl sites for hydroxylation is 1. The summed E-state index contributed by atoms with van der Waals surface area (Å²) in [5, 5.41) is 0. The van der Waals surface area contributed by atoms with E-state index in [1.807, 2.05) is 31.2 Å². The molecule has 134 valence electrons. The van der Waals surface area contributed by atoms with Crippen molar-refractivity contribution in [1.29, 1.82) is 0 Å². The molecule has 0 fully saturated rings. The maximum absolute atomic E-state index is 11.7. The fraction of sp³-hybridized carbons (Fsp3) is 0.160. The van der Waals surface area contributed by atoms with E-state index in [-0.39, 0.29) is 0 Å². The number of benzene rings is 2. The Labute approximate surface area is 159 Å². The Hall–Kier alpha value is -3.13. The van der Waals surface area contributed by atoms with Gasteiger partial charge in [0.1, 0.15) is 17.8 Å². The summed E-state index contributed by atoms with van der Waals surface area (Å²) >= 11 is 0. The minimum absolute atomic E-state index is 0.446. The molecule has 4 rings (SSSR count). The maximum atomic E-state index is 11.7. The number of furan rings is 1. The first-order valence-corrected chi connectivity index (χ1v) is 9.19. The van der Waals surface area contributed by atoms with Gasteiger partial charge in [0.25, 0.3) is 0 Å². The molecule has 2 nitrogen and oxygen atoms in total. The van der Waals surface area contributed by atoms with Gasteiger partial charge < -0.3 is 4.42 Å². The summed E-state index contributed by atoms with van der Waals surface area (Å²) in [7, 11) is 0. The van der Waals surface area contributed by atoms with Gasteiger partial charge >= 0.3 is 0 Å². The summed E-state index contributed by atoms with van der Waals surface area (Å²) < 4.78 is 5.89. The van der Waals surface area contributed by atoms with Gasteiger partial charge in [-0.05, 0) is 54.7 Å². The van der Waals surface area contributed by atoms with Crippen LogP contribution in [-0.2, 0) is 10.2 Å². The number of allylic oxidation sites excluding steroid dienone is 4. The van der Waals surface area contributed by atoms with Crippen LogP contribution < -0.4 is 0 Å². The molecule has 0 saturated carbocycles. The third-order valence-corrected chi connectivity index (χ3v) is 5.42. The van der Waals surface area contributed by atoms with E-state index in [0.717, 1.165) is 29.8 Å². The second-order valence-corrected chi connectivity index (χ2v) is 7.29. The van der Waals surface area contributed by atoms with Crippen LogP contribution in [0, 0.1) is 6.92 Å². The molecule has 2 aromatic carbocycles. The Morgan fingerprint density at radius 1 is 0.852 bits per heavy atom. The molecule has 0 spiro atoms. The van der Waals surface area contributed by atoms with E-state index in [9.17, 15) is 4.79 Å². The van der Waals surface area contributed by atoms with Crippen molar-refractivity contribution >= 4 is 11.9 Å². The van der Waals surface area contributed by atoms with Crippen molar-refractivity contribution in [2.75, 3.05) is 0 Å². The molecule has 0 N–H and O–H groups in total. The van der Waals surface area contributed by atoms with Crippen molar-refractivity contribution in [3.8, 4) is 11.1 Å². The van der Waals surface area contributed by atoms with E-state index in [0.29, 0.717) is 0 Å². The molecule has 1 atom stereocenters. The van der Waals surface area contributed by atoms with E-state index in [4.69, 9.17) is 4.42 Å². The first-order valence-electron chi connectivity index (χ1n) is 9.19. The fourth-order valence-electron chi connectivity index (χ4n) is 3.75. The van der Waals surface area contributed by atoms with Crippen molar-refractivity contribution in [3.63, 3.8) is 0 Å². The van der Waals surface area contributed by atoms with Crippen molar-refractivity contribution < 1.29 is 9.21 Å². The molecule has 2 heteroatoms. The number of carbonyl (C=O) groups excluding carboxylic acids is 1. The molecule has 3 aromatic rings. The van der Waals surface area contributed by atoms with Crippen LogP contribution in [-0.4, -0.2) is 6.29 Å². The molecular formula is C25H22O2. The Bertz CT molecular complexity index is 1020. The number of aldehydes is 1. The monoisotopic (exact) mass is 354 g/mol. The molecule has 27 heavy (non-hydrogen) atoms. The smallest absolute Gasteiger partial charge is 0.147 e. The number of rotatable bonds is 4. The molecule has 1 aromatic heterocycles. The highest BCUT2D eigenvalue weighted by Crippen LogP contribution is 2.43. The summed E-state index contributed by atoms with van der Waals surface area (Å²) in [6.45, 7) is 4.01. The average Bonchev–Trinajstić information content (AvgIpc) is 3.16. The van der Waals surface area contributed by atoms with Crippen LogP contribution in [0.25, 0.3) is 16.7 Å². The molecule has 1 heterocycles. The summed E-state index contributed by atoms with van der Waals surface area (Å²) in [6, 6.07) is 22.9. The van der Waals surface area contributed by atoms with Gasteiger partial charge in [-0.15, -0.1) is 0 Å². The molecule has 1 aliphatic carbocycles. The van der Waals surface area contributed by atoms with Crippen LogP contribution in [0.15, 0.2) is 88.9 Å². The summed E-state index contributed by atoms with van der Waals surface area (Å²) in [4.78, 5) is 11.7. The standard InChI is InChI=1S/C25H22O2/c1-18-8-15-24(27-18)25(2)16-22(13-14-23(25)17-26)21-11-9-20(10-12-21)19-6-4-3-5-7-19/h3-15,17H,16H2,1-2H3. The largest absolute Gasteiger partial charge is 0.465 e. The lowest BCUT2D eigenvalue weighted by Gasteiger charge is -2.32. The first-order chi connectivity index (χ1) is 13.1. The van der Waals surface area contributed by atoms with Crippen LogP contribution in [0.5, 0.6) is 0 Å². The van der Waals surface area contributed by atoms with Crippen molar-refractivity contribution in [1.82, 2.24) is 0 Å². The summed E-state index contributed by atoms with van der Waals surface area (Å²) in [6.07, 6.45) is 5.66. The zero-order valence-corrected chi connectivity index (χ0v) is 15.6. The Morgan fingerprint density at radius 3 is 2.15 bits per heavy atom. The number of carbonyl (C=O) groups is 1. The predicted octanol–water partition coefficient (Wildman–Crippen LogP) is 6.13. The highest BCUT2D eigenvalue weighted by molar-refractivity contribution is 5.84. The van der Waals surface area contributed by atoms with Crippen LogP contribution in [0.3, 0.4) is 0 Å². The van der Waals surface area contributed by atoms with Crippen LogP contribution in [0.4, 0.5) is 0 Å². The highest BCUT2D eigenvalue weighted by Gasteiger charge is 2.37. The average molecular weight is 354 g/mol. The number of hydrogen-bond acceptors (Lipinski definition) is 2. The van der Waals surface area contributed by atoms with Crippen LogP contribution >= 0.6 is 0 Å². The normalized spacial score (nSPS) is 19.3. The van der Waals surface area contributed by atoms with Crippen LogP contribution in [0.1, 0.15) is 30.4 Å². The lowest BCUT2D eigenvalue weighted by molar-refractivity contribution is -0.105. The Balaban J connectivity index is 1.67. The lowest BCUT2D eigenvalue weighted by Crippen LogP contribution is -2.27. The van der Waals surface area contributed by atoms with E-state index >= 15 is 0 Å². The highest BCUT2D eigenvalue weighted by atomic mass is 16.3. The molecule has 0 amide bonds. The van der Waals surface area contributed by atoms with E-state index in [1.54, 1.807) is 0 Å². The minimum Gasteiger partial charge on any atom is -0.465 e. The maximum Gasteiger partial charge on any atom is 0.147 e. The Morgan fingerprint density at radius 2 is 1.52 bits per heavy atom. The van der Waals surface area contributed by atoms with Gasteiger partial charge in [0, 0.05) is 5.57 Å². The third kappa shape index (κ3) is 3.19. The predicted molar refractivity (Wildman–Crippen MR) is 109 cm³/mol. The Kier molecular flexibility index (Phi) is 4.41. The summed E-state index contributed by atoms with van der Waals surface area (Å²) in [5.41, 5.74) is 5.09. The van der Waals surface area contributed by atoms with Crippen LogP contribution in [0.2, 0.25) is 0 Å². The minimum atomic E-state index is -0.446. The summed E-state index contributed by atoms with van der Waals surface area (Å²) in [5.74, 6) is 1.70. The third-order valence-electron chi connectivity index (χ3n) is 5.42. The van der Waals surface area contributed by atoms with Crippen molar-refractivity contribution in [2.45, 2.75) is 25.7 Å². The van der Waals surface area contributed by atoms with E-state index < -0.39 is 5.41 Å². The van der Waals surface area contributed by atoms with Crippen molar-refractivity contribution in [2.24, 2.45) is 0 Å². The second-order valence-electron chi connectivity index (χ2n) is 7.29. The molecular weight excluding hydrogens is 332 g/mol. The first kappa shape index (κ1) is 17.3. The molecule has 0 radical (unpaired) electrons. The van der Waals surface area contributed by atoms with Gasteiger partial charge in [0.05, 0.1) is 5.41 Å². The molecule has 1 unspecified atom stereocenters. The quantitative estimate of drug-likeness (QED) is 0.528. The van der Waals surface area contributed by atoms with Gasteiger partial charge in [-0.25, -0.2) is 0 Å². The molecule has 0 bridgehead atoms. The zero-order chi connectivity index (χ0) is 18.9. The topological polar surface area (TPSA) is 30.2 Å². The van der Waals surface area contributed by atoms with Gasteiger partial charge in [-0.1, -0.05) is 66.7 Å². The van der Waals surface area contributed by atoms with Gasteiger partial charge in [-0.2, -0.15) is 0 Å². The fourth-order valence-corrected chi connectivity index (χ4v) is 3.75. The molecule has 0 saturated heterocycles. The van der Waals surface area contributed by atoms with E-state index in [2.05, 4.69) is 61.5 Å². The van der Waals surface area contributed by atoms with Crippen molar-refractivity contribution in [3.05, 3.63) is 102 Å². The molecule has 0 aliphatic heterocycles. The lowest BCUT2D eigenvalue weighted by atomic mass is 9.71. The number of hydrogen-bond donors (Lipinski definition) is 0. The van der Waals surface area contributed by atoms with Gasteiger partial charge in [-0.3, -0.25) is 4.79 Å². The SMILES string of the molecule is Cc1ccc(C2(C)CC(c3ccc(-c4ccccc4)cc3)=CC=C2C=O)o1. The zero-order valence-electron chi connectivity index (χ0n) is 15.6. The second kappa shape index (κ2) is 6.88.